The van der Waals surface area contributed by atoms with Crippen molar-refractivity contribution in [2.24, 2.45) is 0 Å². The third kappa shape index (κ3) is 1.62. The summed E-state index contributed by atoms with van der Waals surface area (Å²) in [5.74, 6) is 6.23. The average molecular weight is 169 g/mol. The number of fused-ring (bicyclic) bond motifs is 1. The summed E-state index contributed by atoms with van der Waals surface area (Å²) in [5.41, 5.74) is 3.57. The van der Waals surface area contributed by atoms with Crippen molar-refractivity contribution in [3.63, 3.8) is 0 Å². The predicted molar refractivity (Wildman–Crippen MR) is 54.0 cm³/mol. The van der Waals surface area contributed by atoms with Crippen molar-refractivity contribution in [3.05, 3.63) is 35.2 Å². The Morgan fingerprint density at radius 2 is 2.46 bits per heavy atom. The van der Waals surface area contributed by atoms with Crippen molar-refractivity contribution in [2.75, 3.05) is 0 Å². The second-order valence-electron chi connectivity index (χ2n) is 3.04. The van der Waals surface area contributed by atoms with Gasteiger partial charge in [-0.05, 0) is 17.7 Å². The van der Waals surface area contributed by atoms with Gasteiger partial charge in [-0.3, -0.25) is 4.98 Å². The minimum atomic E-state index is 0.906. The first kappa shape index (κ1) is 8.07. The Bertz CT molecular complexity index is 405. The van der Waals surface area contributed by atoms with Crippen LogP contribution in [0, 0.1) is 11.8 Å². The monoisotopic (exact) mass is 169 g/mol. The molecule has 0 spiro atoms. The molecular weight excluding hydrogens is 158 g/mol. The standard InChI is InChI=1S/C12H11N/c1-2-3-5-10-8-11-6-4-7-13-12(11)9-10/h4,6-8H,2,9H2,1H3. The molecule has 2 rings (SSSR count). The molecule has 0 aromatic carbocycles. The van der Waals surface area contributed by atoms with Crippen LogP contribution in [-0.2, 0) is 6.42 Å². The van der Waals surface area contributed by atoms with E-state index in [0.717, 1.165) is 18.5 Å². The molecule has 0 saturated heterocycles. The minimum Gasteiger partial charge on any atom is -0.260 e. The summed E-state index contributed by atoms with van der Waals surface area (Å²) in [6, 6.07) is 4.05. The molecule has 0 radical (unpaired) electrons. The Morgan fingerprint density at radius 3 is 3.23 bits per heavy atom. The van der Waals surface area contributed by atoms with E-state index in [9.17, 15) is 0 Å². The van der Waals surface area contributed by atoms with Crippen molar-refractivity contribution < 1.29 is 0 Å². The first-order chi connectivity index (χ1) is 6.40. The summed E-state index contributed by atoms with van der Waals surface area (Å²) >= 11 is 0. The fourth-order valence-electron chi connectivity index (χ4n) is 1.43. The summed E-state index contributed by atoms with van der Waals surface area (Å²) in [5, 5.41) is 0. The van der Waals surface area contributed by atoms with E-state index >= 15 is 0 Å². The Labute approximate surface area is 78.5 Å². The number of allylic oxidation sites excluding steroid dienone is 1. The molecule has 64 valence electrons. The Balaban J connectivity index is 2.26. The van der Waals surface area contributed by atoms with Gasteiger partial charge in [0.1, 0.15) is 0 Å². The van der Waals surface area contributed by atoms with Gasteiger partial charge in [0.15, 0.2) is 0 Å². The molecule has 1 aromatic rings. The minimum absolute atomic E-state index is 0.906. The maximum absolute atomic E-state index is 4.30. The molecule has 1 aliphatic carbocycles. The molecule has 0 saturated carbocycles. The smallest absolute Gasteiger partial charge is 0.0526 e. The van der Waals surface area contributed by atoms with Gasteiger partial charge in [0.2, 0.25) is 0 Å². The number of nitrogens with zero attached hydrogens (tertiary/aromatic N) is 1. The van der Waals surface area contributed by atoms with Crippen LogP contribution in [0.1, 0.15) is 24.6 Å². The third-order valence-electron chi connectivity index (χ3n) is 2.04. The Kier molecular flexibility index (Phi) is 2.14. The number of aromatic nitrogens is 1. The van der Waals surface area contributed by atoms with Gasteiger partial charge < -0.3 is 0 Å². The second-order valence-corrected chi connectivity index (χ2v) is 3.04. The highest BCUT2D eigenvalue weighted by atomic mass is 14.7. The molecule has 0 bridgehead atoms. The second kappa shape index (κ2) is 3.45. The molecule has 0 fully saturated rings. The van der Waals surface area contributed by atoms with Gasteiger partial charge in [0, 0.05) is 24.6 Å². The van der Waals surface area contributed by atoms with E-state index in [2.05, 4.69) is 35.9 Å². The first-order valence-corrected chi connectivity index (χ1v) is 4.53. The van der Waals surface area contributed by atoms with E-state index in [0.29, 0.717) is 0 Å². The lowest BCUT2D eigenvalue weighted by molar-refractivity contribution is 1.11. The normalized spacial score (nSPS) is 12.8. The highest BCUT2D eigenvalue weighted by Gasteiger charge is 2.10. The number of hydrogen-bond donors (Lipinski definition) is 0. The molecule has 1 heteroatoms. The fraction of sp³-hybridized carbons (Fsp3) is 0.250. The third-order valence-corrected chi connectivity index (χ3v) is 2.04. The van der Waals surface area contributed by atoms with Crippen molar-refractivity contribution >= 4 is 6.08 Å². The van der Waals surface area contributed by atoms with Gasteiger partial charge in [-0.25, -0.2) is 0 Å². The van der Waals surface area contributed by atoms with Crippen LogP contribution >= 0.6 is 0 Å². The van der Waals surface area contributed by atoms with Gasteiger partial charge in [0.05, 0.1) is 5.69 Å². The number of rotatable bonds is 0. The highest BCUT2D eigenvalue weighted by Crippen LogP contribution is 2.21. The fourth-order valence-corrected chi connectivity index (χ4v) is 1.43. The molecule has 0 unspecified atom stereocenters. The lowest BCUT2D eigenvalue weighted by Gasteiger charge is -1.92. The van der Waals surface area contributed by atoms with Gasteiger partial charge in [-0.15, -0.1) is 0 Å². The molecule has 0 atom stereocenters. The molecule has 1 aliphatic rings. The van der Waals surface area contributed by atoms with Gasteiger partial charge in [-0.1, -0.05) is 24.8 Å². The highest BCUT2D eigenvalue weighted by molar-refractivity contribution is 5.66. The average Bonchev–Trinajstić information content (AvgIpc) is 2.57. The zero-order chi connectivity index (χ0) is 9.10. The Hall–Kier alpha value is -1.55. The van der Waals surface area contributed by atoms with Crippen LogP contribution in [0.3, 0.4) is 0 Å². The van der Waals surface area contributed by atoms with Gasteiger partial charge in [0.25, 0.3) is 0 Å². The number of hydrogen-bond acceptors (Lipinski definition) is 1. The molecule has 0 aliphatic heterocycles. The molecule has 1 nitrogen and oxygen atoms in total. The van der Waals surface area contributed by atoms with Crippen molar-refractivity contribution in [1.29, 1.82) is 0 Å². The summed E-state index contributed by atoms with van der Waals surface area (Å²) in [4.78, 5) is 4.30. The molecule has 0 amide bonds. The zero-order valence-corrected chi connectivity index (χ0v) is 7.67. The van der Waals surface area contributed by atoms with Crippen LogP contribution in [0.25, 0.3) is 6.08 Å². The predicted octanol–water partition coefficient (Wildman–Crippen LogP) is 2.43. The summed E-state index contributed by atoms with van der Waals surface area (Å²) in [7, 11) is 0. The Morgan fingerprint density at radius 1 is 1.54 bits per heavy atom. The van der Waals surface area contributed by atoms with Crippen LogP contribution in [-0.4, -0.2) is 4.98 Å². The number of pyridine rings is 1. The molecule has 1 aromatic heterocycles. The van der Waals surface area contributed by atoms with Crippen LogP contribution < -0.4 is 0 Å². The largest absolute Gasteiger partial charge is 0.260 e. The SMILES string of the molecule is CCC#CC1=Cc2cccnc2C1. The van der Waals surface area contributed by atoms with E-state index in [1.807, 2.05) is 12.3 Å². The molecule has 1 heterocycles. The first-order valence-electron chi connectivity index (χ1n) is 4.53. The topological polar surface area (TPSA) is 12.9 Å². The van der Waals surface area contributed by atoms with Crippen molar-refractivity contribution in [3.8, 4) is 11.8 Å². The van der Waals surface area contributed by atoms with E-state index in [1.54, 1.807) is 0 Å². The van der Waals surface area contributed by atoms with E-state index < -0.39 is 0 Å². The lowest BCUT2D eigenvalue weighted by atomic mass is 10.2. The summed E-state index contributed by atoms with van der Waals surface area (Å²) < 4.78 is 0. The maximum atomic E-state index is 4.30. The zero-order valence-electron chi connectivity index (χ0n) is 7.67. The van der Waals surface area contributed by atoms with Crippen LogP contribution in [0.15, 0.2) is 23.9 Å². The van der Waals surface area contributed by atoms with Gasteiger partial charge in [-0.2, -0.15) is 0 Å². The van der Waals surface area contributed by atoms with E-state index in [-0.39, 0.29) is 0 Å². The summed E-state index contributed by atoms with van der Waals surface area (Å²) in [6.45, 7) is 2.06. The maximum Gasteiger partial charge on any atom is 0.0526 e. The van der Waals surface area contributed by atoms with Gasteiger partial charge >= 0.3 is 0 Å². The summed E-state index contributed by atoms with van der Waals surface area (Å²) in [6.07, 6.45) is 5.79. The van der Waals surface area contributed by atoms with E-state index in [1.165, 1.54) is 11.1 Å². The van der Waals surface area contributed by atoms with E-state index in [4.69, 9.17) is 0 Å². The molecule has 0 N–H and O–H groups in total. The lowest BCUT2D eigenvalue weighted by Crippen LogP contribution is -1.86. The molecule has 13 heavy (non-hydrogen) atoms. The van der Waals surface area contributed by atoms with Crippen LogP contribution in [0.5, 0.6) is 0 Å². The van der Waals surface area contributed by atoms with Crippen LogP contribution in [0.4, 0.5) is 0 Å². The molecular formula is C12H11N. The van der Waals surface area contributed by atoms with Crippen molar-refractivity contribution in [2.45, 2.75) is 19.8 Å². The van der Waals surface area contributed by atoms with Crippen LogP contribution in [0.2, 0.25) is 0 Å². The quantitative estimate of drug-likeness (QED) is 0.543. The van der Waals surface area contributed by atoms with Crippen molar-refractivity contribution in [1.82, 2.24) is 4.98 Å².